The highest BCUT2D eigenvalue weighted by Crippen LogP contribution is 2.22. The maximum Gasteiger partial charge on any atom is 0.193 e. The molecule has 25 heavy (non-hydrogen) atoms. The van der Waals surface area contributed by atoms with Crippen LogP contribution in [0.5, 0.6) is 0 Å². The Morgan fingerprint density at radius 1 is 1.24 bits per heavy atom. The molecule has 5 heteroatoms. The average molecular weight is 454 g/mol. The van der Waals surface area contributed by atoms with Crippen LogP contribution in [0.1, 0.15) is 25.3 Å². The van der Waals surface area contributed by atoms with Crippen LogP contribution in [0.3, 0.4) is 0 Å². The quantitative estimate of drug-likeness (QED) is 0.430. The monoisotopic (exact) mass is 454 g/mol. The molecule has 4 nitrogen and oxygen atoms in total. The summed E-state index contributed by atoms with van der Waals surface area (Å²) in [6, 6.07) is 10.7. The molecule has 1 saturated heterocycles. The van der Waals surface area contributed by atoms with Gasteiger partial charge in [0.2, 0.25) is 0 Å². The van der Waals surface area contributed by atoms with Crippen LogP contribution in [0.2, 0.25) is 0 Å². The molecule has 0 radical (unpaired) electrons. The minimum atomic E-state index is 0. The number of nitrogens with one attached hydrogen (secondary N) is 1. The summed E-state index contributed by atoms with van der Waals surface area (Å²) >= 11 is 0. The van der Waals surface area contributed by atoms with Crippen LogP contribution >= 0.6 is 24.0 Å². The number of benzene rings is 1. The Labute approximate surface area is 169 Å². The number of hydrogen-bond acceptors (Lipinski definition) is 2. The largest absolute Gasteiger partial charge is 0.356 e. The van der Waals surface area contributed by atoms with Crippen molar-refractivity contribution in [1.82, 2.24) is 15.1 Å². The Balaban J connectivity index is 0.00000225. The van der Waals surface area contributed by atoms with E-state index in [1.807, 2.05) is 7.05 Å². The lowest BCUT2D eigenvalue weighted by molar-refractivity contribution is 0.340. The summed E-state index contributed by atoms with van der Waals surface area (Å²) in [7, 11) is 1.89. The maximum atomic E-state index is 4.50. The number of halogens is 1. The molecule has 0 aromatic heterocycles. The minimum absolute atomic E-state index is 0. The molecule has 0 spiro atoms. The van der Waals surface area contributed by atoms with Gasteiger partial charge in [0.25, 0.3) is 0 Å². The smallest absolute Gasteiger partial charge is 0.193 e. The second-order valence-corrected chi connectivity index (χ2v) is 6.77. The molecule has 1 atom stereocenters. The van der Waals surface area contributed by atoms with Crippen LogP contribution in [0.15, 0.2) is 41.4 Å². The molecule has 2 aliphatic heterocycles. The lowest BCUT2D eigenvalue weighted by atomic mass is 10.00. The van der Waals surface area contributed by atoms with Crippen LogP contribution in [0.25, 0.3) is 5.57 Å². The molecule has 0 saturated carbocycles. The van der Waals surface area contributed by atoms with Gasteiger partial charge >= 0.3 is 0 Å². The fourth-order valence-electron chi connectivity index (χ4n) is 3.71. The van der Waals surface area contributed by atoms with E-state index in [2.05, 4.69) is 63.4 Å². The molecule has 1 aromatic carbocycles. The Morgan fingerprint density at radius 3 is 2.64 bits per heavy atom. The molecule has 3 rings (SSSR count). The summed E-state index contributed by atoms with van der Waals surface area (Å²) in [6.07, 6.45) is 4.73. The third kappa shape index (κ3) is 5.45. The number of rotatable bonds is 4. The molecule has 1 unspecified atom stereocenters. The molecule has 2 aliphatic rings. The zero-order valence-electron chi connectivity index (χ0n) is 15.4. The van der Waals surface area contributed by atoms with Gasteiger partial charge in [-0.3, -0.25) is 4.99 Å². The first-order chi connectivity index (χ1) is 11.8. The number of likely N-dealkylation sites (tertiary alicyclic amines) is 1. The molecule has 1 fully saturated rings. The van der Waals surface area contributed by atoms with Gasteiger partial charge in [-0.25, -0.2) is 0 Å². The van der Waals surface area contributed by atoms with Crippen LogP contribution in [0.4, 0.5) is 0 Å². The van der Waals surface area contributed by atoms with E-state index in [1.165, 1.54) is 37.2 Å². The van der Waals surface area contributed by atoms with Crippen molar-refractivity contribution in [2.45, 2.75) is 19.8 Å². The van der Waals surface area contributed by atoms with Crippen LogP contribution in [-0.4, -0.2) is 62.1 Å². The van der Waals surface area contributed by atoms with E-state index < -0.39 is 0 Å². The Hall–Kier alpha value is -1.08. The molecular weight excluding hydrogens is 423 g/mol. The van der Waals surface area contributed by atoms with Gasteiger partial charge in [-0.1, -0.05) is 43.3 Å². The van der Waals surface area contributed by atoms with Crippen LogP contribution in [0, 0.1) is 5.92 Å². The van der Waals surface area contributed by atoms with E-state index in [0.29, 0.717) is 0 Å². The molecular formula is C20H31IN4. The third-order valence-corrected chi connectivity index (χ3v) is 5.23. The number of hydrogen-bond donors (Lipinski definition) is 1. The second kappa shape index (κ2) is 10.2. The Bertz CT molecular complexity index is 585. The van der Waals surface area contributed by atoms with Gasteiger partial charge in [-0.05, 0) is 43.0 Å². The summed E-state index contributed by atoms with van der Waals surface area (Å²) in [5, 5.41) is 3.60. The van der Waals surface area contributed by atoms with E-state index in [-0.39, 0.29) is 24.0 Å². The highest BCUT2D eigenvalue weighted by atomic mass is 127. The first kappa shape index (κ1) is 20.2. The highest BCUT2D eigenvalue weighted by Gasteiger charge is 2.22. The van der Waals surface area contributed by atoms with Gasteiger partial charge in [0, 0.05) is 33.2 Å². The van der Waals surface area contributed by atoms with E-state index >= 15 is 0 Å². The van der Waals surface area contributed by atoms with Crippen molar-refractivity contribution >= 4 is 35.5 Å². The Morgan fingerprint density at radius 2 is 2.04 bits per heavy atom. The number of aliphatic imine (C=N–C) groups is 1. The predicted molar refractivity (Wildman–Crippen MR) is 118 cm³/mol. The normalized spacial score (nSPS) is 21.7. The summed E-state index contributed by atoms with van der Waals surface area (Å²) in [5.74, 6) is 1.80. The fourth-order valence-corrected chi connectivity index (χ4v) is 3.71. The standard InChI is InChI=1S/C20H30N4.HI/c1-3-23-12-9-17(16-23)15-22-20(21-2)24-13-10-19(11-14-24)18-7-5-4-6-8-18;/h4-8,10,17H,3,9,11-16H2,1-2H3,(H,21,22);1H. The predicted octanol–water partition coefficient (Wildman–Crippen LogP) is 3.31. The van der Waals surface area contributed by atoms with Gasteiger partial charge in [-0.15, -0.1) is 24.0 Å². The maximum absolute atomic E-state index is 4.50. The first-order valence-electron chi connectivity index (χ1n) is 9.22. The third-order valence-electron chi connectivity index (χ3n) is 5.23. The zero-order chi connectivity index (χ0) is 16.8. The van der Waals surface area contributed by atoms with Crippen molar-refractivity contribution in [2.75, 3.05) is 46.3 Å². The van der Waals surface area contributed by atoms with Crippen molar-refractivity contribution in [3.8, 4) is 0 Å². The topological polar surface area (TPSA) is 30.9 Å². The lowest BCUT2D eigenvalue weighted by Gasteiger charge is -2.30. The van der Waals surface area contributed by atoms with E-state index in [9.17, 15) is 0 Å². The first-order valence-corrected chi connectivity index (χ1v) is 9.22. The number of nitrogens with zero attached hydrogens (tertiary/aromatic N) is 3. The Kier molecular flexibility index (Phi) is 8.22. The van der Waals surface area contributed by atoms with Gasteiger partial charge < -0.3 is 15.1 Å². The van der Waals surface area contributed by atoms with E-state index in [1.54, 1.807) is 0 Å². The summed E-state index contributed by atoms with van der Waals surface area (Å²) in [6.45, 7) is 8.90. The van der Waals surface area contributed by atoms with Crippen molar-refractivity contribution in [1.29, 1.82) is 0 Å². The average Bonchev–Trinajstić information content (AvgIpc) is 3.12. The molecule has 2 heterocycles. The summed E-state index contributed by atoms with van der Waals surface area (Å²) in [5.41, 5.74) is 2.81. The van der Waals surface area contributed by atoms with E-state index in [4.69, 9.17) is 0 Å². The van der Waals surface area contributed by atoms with Gasteiger partial charge in [0.15, 0.2) is 5.96 Å². The van der Waals surface area contributed by atoms with E-state index in [0.717, 1.165) is 37.9 Å². The molecule has 0 amide bonds. The molecule has 0 bridgehead atoms. The summed E-state index contributed by atoms with van der Waals surface area (Å²) < 4.78 is 0. The molecule has 1 N–H and O–H groups in total. The van der Waals surface area contributed by atoms with Crippen molar-refractivity contribution < 1.29 is 0 Å². The molecule has 138 valence electrons. The van der Waals surface area contributed by atoms with Crippen molar-refractivity contribution in [2.24, 2.45) is 10.9 Å². The van der Waals surface area contributed by atoms with Crippen molar-refractivity contribution in [3.63, 3.8) is 0 Å². The molecule has 1 aromatic rings. The van der Waals surface area contributed by atoms with Gasteiger partial charge in [-0.2, -0.15) is 0 Å². The minimum Gasteiger partial charge on any atom is -0.356 e. The van der Waals surface area contributed by atoms with Gasteiger partial charge in [0.05, 0.1) is 0 Å². The summed E-state index contributed by atoms with van der Waals surface area (Å²) in [4.78, 5) is 9.39. The zero-order valence-corrected chi connectivity index (χ0v) is 17.8. The van der Waals surface area contributed by atoms with Crippen molar-refractivity contribution in [3.05, 3.63) is 42.0 Å². The molecule has 0 aliphatic carbocycles. The van der Waals surface area contributed by atoms with Gasteiger partial charge in [0.1, 0.15) is 0 Å². The van der Waals surface area contributed by atoms with Crippen LogP contribution < -0.4 is 5.32 Å². The second-order valence-electron chi connectivity index (χ2n) is 6.77. The lowest BCUT2D eigenvalue weighted by Crippen LogP contribution is -2.45. The van der Waals surface area contributed by atoms with Crippen LogP contribution in [-0.2, 0) is 0 Å². The SMILES string of the molecule is CCN1CCC(CNC(=NC)N2CC=C(c3ccccc3)CC2)C1.I. The fraction of sp³-hybridized carbons (Fsp3) is 0.550. The number of guanidine groups is 1. The highest BCUT2D eigenvalue weighted by molar-refractivity contribution is 14.0.